The van der Waals surface area contributed by atoms with Gasteiger partial charge in [0.1, 0.15) is 5.69 Å². The third kappa shape index (κ3) is 3.59. The van der Waals surface area contributed by atoms with Crippen LogP contribution in [0.5, 0.6) is 5.88 Å². The number of hydrogen-bond acceptors (Lipinski definition) is 7. The molecule has 132 valence electrons. The van der Waals surface area contributed by atoms with Crippen LogP contribution in [-0.4, -0.2) is 63.8 Å². The SMILES string of the molecule is COc1cc(C)nc(N2CCN(C(=O)c3ccc(=O)n(C)n3)CC2)n1. The van der Waals surface area contributed by atoms with Crippen molar-refractivity contribution in [3.63, 3.8) is 0 Å². The molecule has 0 aromatic carbocycles. The molecule has 0 spiro atoms. The van der Waals surface area contributed by atoms with Crippen LogP contribution >= 0.6 is 0 Å². The Bertz CT molecular complexity index is 842. The van der Waals surface area contributed by atoms with Crippen molar-refractivity contribution < 1.29 is 9.53 Å². The highest BCUT2D eigenvalue weighted by Gasteiger charge is 2.25. The highest BCUT2D eigenvalue weighted by atomic mass is 16.5. The van der Waals surface area contributed by atoms with Gasteiger partial charge in [-0.05, 0) is 13.0 Å². The first kappa shape index (κ1) is 16.9. The summed E-state index contributed by atoms with van der Waals surface area (Å²) in [6.07, 6.45) is 0. The van der Waals surface area contributed by atoms with E-state index >= 15 is 0 Å². The van der Waals surface area contributed by atoms with Crippen LogP contribution in [-0.2, 0) is 7.05 Å². The number of anilines is 1. The predicted molar refractivity (Wildman–Crippen MR) is 90.9 cm³/mol. The van der Waals surface area contributed by atoms with Crippen molar-refractivity contribution in [3.05, 3.63) is 39.9 Å². The molecule has 1 amide bonds. The number of rotatable bonds is 3. The van der Waals surface area contributed by atoms with E-state index in [9.17, 15) is 9.59 Å². The van der Waals surface area contributed by atoms with Crippen LogP contribution in [0.4, 0.5) is 5.95 Å². The second-order valence-corrected chi connectivity index (χ2v) is 5.81. The lowest BCUT2D eigenvalue weighted by molar-refractivity contribution is 0.0737. The molecule has 0 aliphatic carbocycles. The summed E-state index contributed by atoms with van der Waals surface area (Å²) in [5.74, 6) is 0.942. The molecule has 1 fully saturated rings. The number of aromatic nitrogens is 4. The molecule has 0 radical (unpaired) electrons. The highest BCUT2D eigenvalue weighted by molar-refractivity contribution is 5.92. The number of nitrogens with zero attached hydrogens (tertiary/aromatic N) is 6. The van der Waals surface area contributed by atoms with Gasteiger partial charge < -0.3 is 14.5 Å². The fourth-order valence-corrected chi connectivity index (χ4v) is 2.66. The minimum absolute atomic E-state index is 0.182. The molecule has 2 aromatic rings. The molecule has 3 heterocycles. The van der Waals surface area contributed by atoms with Crippen molar-refractivity contribution in [1.29, 1.82) is 0 Å². The zero-order valence-corrected chi connectivity index (χ0v) is 14.5. The van der Waals surface area contributed by atoms with E-state index < -0.39 is 0 Å². The van der Waals surface area contributed by atoms with Gasteiger partial charge in [-0.15, -0.1) is 0 Å². The number of aryl methyl sites for hydroxylation is 2. The number of carbonyl (C=O) groups is 1. The molecule has 1 saturated heterocycles. The predicted octanol–water partition coefficient (Wildman–Crippen LogP) is -0.150. The Hall–Kier alpha value is -2.97. The molecular formula is C16H20N6O3. The standard InChI is InChI=1S/C16H20N6O3/c1-11-10-13(25-3)18-16(17-11)22-8-6-21(7-9-22)15(24)12-4-5-14(23)20(2)19-12/h4-5,10H,6-9H2,1-3H3. The van der Waals surface area contributed by atoms with Crippen LogP contribution < -0.4 is 15.2 Å². The lowest BCUT2D eigenvalue weighted by Crippen LogP contribution is -2.49. The van der Waals surface area contributed by atoms with Gasteiger partial charge >= 0.3 is 0 Å². The lowest BCUT2D eigenvalue weighted by atomic mass is 10.2. The molecule has 9 nitrogen and oxygen atoms in total. The summed E-state index contributed by atoms with van der Waals surface area (Å²) in [5.41, 5.74) is 0.852. The van der Waals surface area contributed by atoms with Crippen molar-refractivity contribution in [2.24, 2.45) is 7.05 Å². The average molecular weight is 344 g/mol. The Morgan fingerprint density at radius 3 is 2.52 bits per heavy atom. The first-order valence-corrected chi connectivity index (χ1v) is 7.96. The summed E-state index contributed by atoms with van der Waals surface area (Å²) >= 11 is 0. The van der Waals surface area contributed by atoms with Gasteiger partial charge in [0.05, 0.1) is 7.11 Å². The third-order valence-electron chi connectivity index (χ3n) is 4.06. The van der Waals surface area contributed by atoms with Gasteiger partial charge in [-0.25, -0.2) is 9.67 Å². The van der Waals surface area contributed by atoms with E-state index in [0.717, 1.165) is 10.4 Å². The van der Waals surface area contributed by atoms with Gasteiger partial charge in [0.2, 0.25) is 11.8 Å². The van der Waals surface area contributed by atoms with E-state index in [4.69, 9.17) is 4.74 Å². The third-order valence-corrected chi connectivity index (χ3v) is 4.06. The molecule has 2 aromatic heterocycles. The number of methoxy groups -OCH3 is 1. The average Bonchev–Trinajstić information content (AvgIpc) is 2.63. The van der Waals surface area contributed by atoms with Crippen LogP contribution in [0.25, 0.3) is 0 Å². The van der Waals surface area contributed by atoms with Gasteiger partial charge in [-0.2, -0.15) is 10.1 Å². The van der Waals surface area contributed by atoms with Crippen LogP contribution in [0.3, 0.4) is 0 Å². The van der Waals surface area contributed by atoms with Crippen molar-refractivity contribution >= 4 is 11.9 Å². The number of piperazine rings is 1. The first-order valence-electron chi connectivity index (χ1n) is 7.96. The summed E-state index contributed by atoms with van der Waals surface area (Å²) in [4.78, 5) is 36.5. The molecule has 1 aliphatic rings. The fraction of sp³-hybridized carbons (Fsp3) is 0.438. The number of hydrogen-bond donors (Lipinski definition) is 0. The zero-order chi connectivity index (χ0) is 18.0. The molecule has 1 aliphatic heterocycles. The Morgan fingerprint density at radius 1 is 1.16 bits per heavy atom. The van der Waals surface area contributed by atoms with Gasteiger partial charge in [0.15, 0.2) is 0 Å². The highest BCUT2D eigenvalue weighted by Crippen LogP contribution is 2.17. The molecule has 0 saturated carbocycles. The van der Waals surface area contributed by atoms with Crippen LogP contribution in [0, 0.1) is 6.92 Å². The Balaban J connectivity index is 1.69. The minimum atomic E-state index is -0.244. The molecule has 0 atom stereocenters. The van der Waals surface area contributed by atoms with Crippen molar-refractivity contribution in [3.8, 4) is 5.88 Å². The summed E-state index contributed by atoms with van der Waals surface area (Å²) in [7, 11) is 3.10. The van der Waals surface area contributed by atoms with Crippen molar-refractivity contribution in [1.82, 2.24) is 24.6 Å². The largest absolute Gasteiger partial charge is 0.481 e. The second-order valence-electron chi connectivity index (χ2n) is 5.81. The van der Waals surface area contributed by atoms with Crippen molar-refractivity contribution in [2.45, 2.75) is 6.92 Å². The minimum Gasteiger partial charge on any atom is -0.481 e. The summed E-state index contributed by atoms with van der Waals surface area (Å²) in [5, 5.41) is 4.02. The Kier molecular flexibility index (Phi) is 4.64. The summed E-state index contributed by atoms with van der Waals surface area (Å²) < 4.78 is 6.35. The van der Waals surface area contributed by atoms with Crippen LogP contribution in [0.2, 0.25) is 0 Å². The Labute approximate surface area is 144 Å². The van der Waals surface area contributed by atoms with E-state index in [1.165, 1.54) is 19.2 Å². The maximum atomic E-state index is 12.5. The lowest BCUT2D eigenvalue weighted by Gasteiger charge is -2.34. The number of carbonyl (C=O) groups excluding carboxylic acids is 1. The van der Waals surface area contributed by atoms with Gasteiger partial charge in [-0.3, -0.25) is 9.59 Å². The number of ether oxygens (including phenoxy) is 1. The molecule has 3 rings (SSSR count). The van der Waals surface area contributed by atoms with E-state index in [-0.39, 0.29) is 17.2 Å². The van der Waals surface area contributed by atoms with Crippen LogP contribution in [0.1, 0.15) is 16.2 Å². The van der Waals surface area contributed by atoms with Crippen LogP contribution in [0.15, 0.2) is 23.0 Å². The number of amides is 1. The molecule has 9 heteroatoms. The summed E-state index contributed by atoms with van der Waals surface area (Å²) in [6, 6.07) is 4.59. The fourth-order valence-electron chi connectivity index (χ4n) is 2.66. The quantitative estimate of drug-likeness (QED) is 0.764. The van der Waals surface area contributed by atoms with Gasteiger partial charge in [0.25, 0.3) is 11.5 Å². The second kappa shape index (κ2) is 6.88. The van der Waals surface area contributed by atoms with E-state index in [1.54, 1.807) is 18.1 Å². The zero-order valence-electron chi connectivity index (χ0n) is 14.5. The summed E-state index contributed by atoms with van der Waals surface area (Å²) in [6.45, 7) is 4.18. The van der Waals surface area contributed by atoms with E-state index in [0.29, 0.717) is 38.0 Å². The molecule has 25 heavy (non-hydrogen) atoms. The molecular weight excluding hydrogens is 324 g/mol. The first-order chi connectivity index (χ1) is 12.0. The monoisotopic (exact) mass is 344 g/mol. The van der Waals surface area contributed by atoms with E-state index in [2.05, 4.69) is 15.1 Å². The Morgan fingerprint density at radius 2 is 1.88 bits per heavy atom. The van der Waals surface area contributed by atoms with Gasteiger partial charge in [0, 0.05) is 51.1 Å². The topological polar surface area (TPSA) is 93.5 Å². The maximum Gasteiger partial charge on any atom is 0.274 e. The van der Waals surface area contributed by atoms with Crippen molar-refractivity contribution in [2.75, 3.05) is 38.2 Å². The molecule has 0 N–H and O–H groups in total. The normalized spacial score (nSPS) is 14.5. The maximum absolute atomic E-state index is 12.5. The smallest absolute Gasteiger partial charge is 0.274 e. The molecule has 0 bridgehead atoms. The van der Waals surface area contributed by atoms with E-state index in [1.807, 2.05) is 11.8 Å². The molecule has 0 unspecified atom stereocenters. The van der Waals surface area contributed by atoms with Gasteiger partial charge in [-0.1, -0.05) is 0 Å².